The molecule has 13 atom stereocenters. The molecule has 11 heteroatoms. The number of nitrogens with zero attached hydrogens (tertiary/aromatic N) is 1. The number of ether oxygens (including phenoxy) is 3. The number of benzene rings is 3. The van der Waals surface area contributed by atoms with Crippen LogP contribution in [0.5, 0.6) is 28.7 Å². The van der Waals surface area contributed by atoms with Gasteiger partial charge in [-0.15, -0.1) is 5.92 Å². The molecule has 13 bridgehead atoms. The lowest BCUT2D eigenvalue weighted by molar-refractivity contribution is -0.0183. The third kappa shape index (κ3) is 9.50. The highest BCUT2D eigenvalue weighted by Gasteiger charge is 2.53. The van der Waals surface area contributed by atoms with Crippen LogP contribution >= 0.6 is 0 Å². The highest BCUT2D eigenvalue weighted by Crippen LogP contribution is 2.59. The Morgan fingerprint density at radius 1 is 0.971 bits per heavy atom. The summed E-state index contributed by atoms with van der Waals surface area (Å²) in [5, 5.41) is 54.4. The van der Waals surface area contributed by atoms with Crippen molar-refractivity contribution in [1.82, 2.24) is 10.6 Å². The van der Waals surface area contributed by atoms with E-state index in [4.69, 9.17) is 24.9 Å². The van der Waals surface area contributed by atoms with Crippen LogP contribution < -0.4 is 30.6 Å². The normalized spacial score (nSPS) is 33.5. The van der Waals surface area contributed by atoms with Gasteiger partial charge in [-0.2, -0.15) is 0 Å². The zero-order valence-electron chi connectivity index (χ0n) is 42.2. The largest absolute Gasteiger partial charge is 0.508 e. The molecule has 0 radical (unpaired) electrons. The Kier molecular flexibility index (Phi) is 14.1. The fourth-order valence-corrected chi connectivity index (χ4v) is 14.7. The maximum absolute atomic E-state index is 12.4. The van der Waals surface area contributed by atoms with E-state index in [0.29, 0.717) is 85.5 Å². The monoisotopic (exact) mass is 955 g/mol. The molecule has 1 spiro atoms. The first kappa shape index (κ1) is 48.7. The Labute approximate surface area is 416 Å². The van der Waals surface area contributed by atoms with Crippen molar-refractivity contribution in [3.05, 3.63) is 76.4 Å². The van der Waals surface area contributed by atoms with Gasteiger partial charge in [-0.25, -0.2) is 0 Å². The van der Waals surface area contributed by atoms with E-state index < -0.39 is 18.3 Å². The first-order chi connectivity index (χ1) is 33.8. The molecule has 376 valence electrons. The second-order valence-corrected chi connectivity index (χ2v) is 22.9. The molecule has 17 rings (SSSR count). The number of nitrogens with one attached hydrogen (secondary N) is 2. The number of fused-ring (bicyclic) bond motifs is 2. The highest BCUT2D eigenvalue weighted by atomic mass is 16.5. The molecule has 4 aliphatic carbocycles. The molecule has 13 unspecified atom stereocenters. The number of rotatable bonds is 6. The number of aliphatic imine (C=N–C) groups is 1. The zero-order valence-corrected chi connectivity index (χ0v) is 42.2. The SMILES string of the molecule is CCC1CC2C=CC1CC(O)CC1CC#CC3CC4(CCCC(Oc5cc(ccc5O)C5Oc6cc(OC)c7c(c6CC5O)C2Cc2cc(O)c(CC(C)C)cc2-7)C4CCNC(N)=NC1)CC3CNC. The van der Waals surface area contributed by atoms with E-state index in [1.165, 1.54) is 0 Å². The predicted molar refractivity (Wildman–Crippen MR) is 275 cm³/mol. The molecule has 0 amide bonds. The Bertz CT molecular complexity index is 2530. The van der Waals surface area contributed by atoms with Crippen molar-refractivity contribution in [2.24, 2.45) is 63.5 Å². The lowest BCUT2D eigenvalue weighted by atomic mass is 9.62. The quantitative estimate of drug-likeness (QED) is 0.0935. The van der Waals surface area contributed by atoms with E-state index in [-0.39, 0.29) is 52.8 Å². The van der Waals surface area contributed by atoms with Crippen LogP contribution in [0.25, 0.3) is 11.1 Å². The van der Waals surface area contributed by atoms with Gasteiger partial charge in [0.2, 0.25) is 0 Å². The molecule has 2 fully saturated rings. The third-order valence-corrected chi connectivity index (χ3v) is 17.9. The van der Waals surface area contributed by atoms with Crippen LogP contribution in [-0.4, -0.2) is 78.5 Å². The number of guanidine groups is 1. The maximum atomic E-state index is 12.4. The standard InChI is InChI=1S/C59H78N4O7/c1-6-35-21-37-13-12-36(35)22-43(64)20-34-9-7-10-39-29-59(30-42(39)32-61-4)17-8-11-51(47(59)16-18-62-58(60)63-31-34)69-53-26-38(14-15-48(53)65)57-50(67)27-46-52(70-57)28-54(68-5)56-45-24-41(19-33(2)3)49(66)25-40(45)23-44(37)55(46)56/h12-15,24-26,28,33-37,39,42-44,47,50-51,57,61,64-67H,6,8-9,11,16-23,27,29-32H2,1-5H3,(H3,60,62,63). The summed E-state index contributed by atoms with van der Waals surface area (Å²) in [5.74, 6) is 12.0. The molecule has 10 heterocycles. The predicted octanol–water partition coefficient (Wildman–Crippen LogP) is 9.12. The lowest BCUT2D eigenvalue weighted by Crippen LogP contribution is -2.46. The van der Waals surface area contributed by atoms with Crippen molar-refractivity contribution >= 4 is 5.96 Å². The Morgan fingerprint density at radius 3 is 2.61 bits per heavy atom. The molecular formula is C59H78N4O7. The molecule has 11 nitrogen and oxygen atoms in total. The van der Waals surface area contributed by atoms with Gasteiger partial charge in [0.1, 0.15) is 29.5 Å². The van der Waals surface area contributed by atoms with Crippen LogP contribution in [0.4, 0.5) is 0 Å². The number of allylic oxidation sites excluding steroid dienone is 2. The van der Waals surface area contributed by atoms with Gasteiger partial charge in [0.05, 0.1) is 19.3 Å². The van der Waals surface area contributed by atoms with Gasteiger partial charge in [-0.1, -0.05) is 51.3 Å². The van der Waals surface area contributed by atoms with Gasteiger partial charge >= 0.3 is 0 Å². The summed E-state index contributed by atoms with van der Waals surface area (Å²) in [6.45, 7) is 8.65. The minimum Gasteiger partial charge on any atom is -0.508 e. The second-order valence-electron chi connectivity index (χ2n) is 22.9. The second kappa shape index (κ2) is 20.3. The number of hydrogen-bond acceptors (Lipinski definition) is 11. The van der Waals surface area contributed by atoms with Crippen LogP contribution in [0.3, 0.4) is 0 Å². The van der Waals surface area contributed by atoms with Gasteiger partial charge in [0, 0.05) is 55.0 Å². The van der Waals surface area contributed by atoms with Gasteiger partial charge in [-0.05, 0) is 183 Å². The van der Waals surface area contributed by atoms with Crippen molar-refractivity contribution in [1.29, 1.82) is 0 Å². The summed E-state index contributed by atoms with van der Waals surface area (Å²) in [6.07, 6.45) is 14.0. The summed E-state index contributed by atoms with van der Waals surface area (Å²) >= 11 is 0. The summed E-state index contributed by atoms with van der Waals surface area (Å²) in [6, 6.07) is 11.6. The Hall–Kier alpha value is -4.89. The fraction of sp³-hybridized carbons (Fsp3) is 0.610. The highest BCUT2D eigenvalue weighted by molar-refractivity contribution is 5.84. The molecule has 3 aromatic carbocycles. The number of aliphatic hydroxyl groups excluding tert-OH is 2. The van der Waals surface area contributed by atoms with Crippen LogP contribution in [0.2, 0.25) is 0 Å². The molecule has 2 saturated carbocycles. The first-order valence-electron chi connectivity index (χ1n) is 26.8. The number of hydrogen-bond donors (Lipinski definition) is 7. The van der Waals surface area contributed by atoms with E-state index in [2.05, 4.69) is 61.5 Å². The smallest absolute Gasteiger partial charge is 0.188 e. The van der Waals surface area contributed by atoms with Crippen molar-refractivity contribution < 1.29 is 34.6 Å². The number of phenolic OH excluding ortho intramolecular Hbond substituents is 2. The molecule has 70 heavy (non-hydrogen) atoms. The summed E-state index contributed by atoms with van der Waals surface area (Å²) in [7, 11) is 3.76. The zero-order chi connectivity index (χ0) is 48.8. The minimum absolute atomic E-state index is 0.00301. The van der Waals surface area contributed by atoms with Crippen LogP contribution in [-0.2, 0) is 19.3 Å². The van der Waals surface area contributed by atoms with Gasteiger partial charge in [0.15, 0.2) is 17.5 Å². The number of methoxy groups -OCH3 is 1. The van der Waals surface area contributed by atoms with Crippen molar-refractivity contribution in [3.8, 4) is 51.7 Å². The van der Waals surface area contributed by atoms with E-state index in [1.54, 1.807) is 13.2 Å². The molecule has 0 aromatic heterocycles. The average Bonchev–Trinajstić information content (AvgIpc) is 3.67. The molecule has 0 saturated heterocycles. The average molecular weight is 955 g/mol. The lowest BCUT2D eigenvalue weighted by Gasteiger charge is -2.46. The van der Waals surface area contributed by atoms with E-state index in [9.17, 15) is 20.4 Å². The Morgan fingerprint density at radius 2 is 1.81 bits per heavy atom. The van der Waals surface area contributed by atoms with Crippen molar-refractivity contribution in [3.63, 3.8) is 0 Å². The minimum atomic E-state index is -0.887. The van der Waals surface area contributed by atoms with E-state index >= 15 is 0 Å². The van der Waals surface area contributed by atoms with Gasteiger partial charge in [0.25, 0.3) is 0 Å². The number of aromatic hydroxyl groups is 2. The molecule has 3 aromatic rings. The van der Waals surface area contributed by atoms with Crippen LogP contribution in [0.1, 0.15) is 131 Å². The Balaban J connectivity index is 1.10. The third-order valence-electron chi connectivity index (χ3n) is 17.9. The molecule has 10 aliphatic heterocycles. The van der Waals surface area contributed by atoms with Gasteiger partial charge in [-0.3, -0.25) is 4.99 Å². The topological polar surface area (TPSA) is 171 Å². The van der Waals surface area contributed by atoms with Crippen molar-refractivity contribution in [2.75, 3.05) is 33.8 Å². The summed E-state index contributed by atoms with van der Waals surface area (Å²) < 4.78 is 20.4. The number of aliphatic hydroxyl groups is 2. The van der Waals surface area contributed by atoms with Gasteiger partial charge < -0.3 is 51.0 Å². The molecule has 8 N–H and O–H groups in total. The fourth-order valence-electron chi connectivity index (χ4n) is 14.7. The summed E-state index contributed by atoms with van der Waals surface area (Å²) in [4.78, 5) is 4.86. The number of phenols is 2. The molecule has 14 aliphatic rings. The molecular weight excluding hydrogens is 877 g/mol. The van der Waals surface area contributed by atoms with Crippen molar-refractivity contribution in [2.45, 2.75) is 141 Å². The summed E-state index contributed by atoms with van der Waals surface area (Å²) in [5.41, 5.74) is 13.6. The van der Waals surface area contributed by atoms with Crippen LogP contribution in [0.15, 0.2) is 53.5 Å². The van der Waals surface area contributed by atoms with E-state index in [0.717, 1.165) is 110 Å². The van der Waals surface area contributed by atoms with E-state index in [1.807, 2.05) is 31.3 Å². The first-order valence-corrected chi connectivity index (χ1v) is 26.8. The van der Waals surface area contributed by atoms with Crippen LogP contribution in [0, 0.1) is 64.6 Å². The maximum Gasteiger partial charge on any atom is 0.188 e. The number of nitrogens with two attached hydrogens (primary N) is 1.